The van der Waals surface area contributed by atoms with Crippen LogP contribution < -0.4 is 4.74 Å². The van der Waals surface area contributed by atoms with Gasteiger partial charge in [0.15, 0.2) is 0 Å². The highest BCUT2D eigenvalue weighted by atomic mass is 16.6. The van der Waals surface area contributed by atoms with E-state index in [0.717, 1.165) is 37.4 Å². The second-order valence-corrected chi connectivity index (χ2v) is 10.7. The maximum absolute atomic E-state index is 6.11. The standard InChI is InChI=1S/C34H32O3/c1-22-17-25(13-11-24(22)12-15-27-19-35-27)34(26-14-16-33(23(2)18-26)37-21-28-20-36-28)31-9-5-3-7-29(31)30-8-4-6-10-32(30)34/h3-11,13-14,16-18,27-28H,12,15,19-21H2,1-2H3. The molecule has 37 heavy (non-hydrogen) atoms. The molecule has 4 aromatic rings. The van der Waals surface area contributed by atoms with Crippen LogP contribution in [0, 0.1) is 13.8 Å². The summed E-state index contributed by atoms with van der Waals surface area (Å²) in [7, 11) is 0. The van der Waals surface area contributed by atoms with Crippen molar-refractivity contribution in [1.29, 1.82) is 0 Å². The monoisotopic (exact) mass is 488 g/mol. The van der Waals surface area contributed by atoms with E-state index >= 15 is 0 Å². The van der Waals surface area contributed by atoms with Crippen molar-refractivity contribution in [3.05, 3.63) is 124 Å². The molecule has 0 aromatic heterocycles. The minimum absolute atomic E-state index is 0.243. The van der Waals surface area contributed by atoms with Crippen molar-refractivity contribution in [3.63, 3.8) is 0 Å². The van der Waals surface area contributed by atoms with Crippen molar-refractivity contribution in [2.75, 3.05) is 19.8 Å². The number of rotatable bonds is 8. The van der Waals surface area contributed by atoms with Crippen molar-refractivity contribution < 1.29 is 14.2 Å². The molecule has 0 saturated carbocycles. The molecule has 0 spiro atoms. The van der Waals surface area contributed by atoms with Gasteiger partial charge in [-0.05, 0) is 82.8 Å². The summed E-state index contributed by atoms with van der Waals surface area (Å²) in [5.41, 5.74) is 11.4. The van der Waals surface area contributed by atoms with Crippen LogP contribution in [0.5, 0.6) is 5.75 Å². The Morgan fingerprint density at radius 1 is 0.730 bits per heavy atom. The summed E-state index contributed by atoms with van der Waals surface area (Å²) in [5, 5.41) is 0. The molecule has 0 radical (unpaired) electrons. The van der Waals surface area contributed by atoms with Gasteiger partial charge in [0.2, 0.25) is 0 Å². The minimum Gasteiger partial charge on any atom is -0.491 e. The predicted octanol–water partition coefficient (Wildman–Crippen LogP) is 6.78. The highest BCUT2D eigenvalue weighted by molar-refractivity contribution is 5.86. The molecule has 186 valence electrons. The molecule has 7 rings (SSSR count). The van der Waals surface area contributed by atoms with Crippen molar-refractivity contribution in [1.82, 2.24) is 0 Å². The number of ether oxygens (including phenoxy) is 3. The van der Waals surface area contributed by atoms with Crippen LogP contribution in [0.25, 0.3) is 11.1 Å². The van der Waals surface area contributed by atoms with Crippen LogP contribution in [-0.4, -0.2) is 32.0 Å². The van der Waals surface area contributed by atoms with Gasteiger partial charge in [0.05, 0.1) is 24.7 Å². The quantitative estimate of drug-likeness (QED) is 0.226. The molecule has 2 fully saturated rings. The summed E-state index contributed by atoms with van der Waals surface area (Å²) in [4.78, 5) is 0. The van der Waals surface area contributed by atoms with Crippen LogP contribution in [0.4, 0.5) is 0 Å². The predicted molar refractivity (Wildman–Crippen MR) is 147 cm³/mol. The second kappa shape index (κ2) is 8.86. The molecular weight excluding hydrogens is 456 g/mol. The number of aryl methyl sites for hydroxylation is 3. The number of epoxide rings is 2. The lowest BCUT2D eigenvalue weighted by molar-refractivity contribution is 0.261. The van der Waals surface area contributed by atoms with Crippen LogP contribution >= 0.6 is 0 Å². The van der Waals surface area contributed by atoms with Gasteiger partial charge in [0.1, 0.15) is 18.5 Å². The topological polar surface area (TPSA) is 34.3 Å². The fourth-order valence-corrected chi connectivity index (χ4v) is 6.18. The fraction of sp³-hybridized carbons (Fsp3) is 0.294. The Hall–Kier alpha value is -3.40. The zero-order chi connectivity index (χ0) is 25.0. The van der Waals surface area contributed by atoms with E-state index in [1.54, 1.807) is 0 Å². The molecule has 3 nitrogen and oxygen atoms in total. The van der Waals surface area contributed by atoms with Gasteiger partial charge in [0.25, 0.3) is 0 Å². The molecule has 2 atom stereocenters. The first-order chi connectivity index (χ1) is 18.1. The first-order valence-electron chi connectivity index (χ1n) is 13.4. The zero-order valence-corrected chi connectivity index (χ0v) is 21.5. The molecule has 0 amide bonds. The Labute approximate surface area is 219 Å². The first kappa shape index (κ1) is 22.8. The fourth-order valence-electron chi connectivity index (χ4n) is 6.18. The molecule has 3 heteroatoms. The molecule has 2 saturated heterocycles. The van der Waals surface area contributed by atoms with Gasteiger partial charge >= 0.3 is 0 Å². The Morgan fingerprint density at radius 2 is 1.32 bits per heavy atom. The summed E-state index contributed by atoms with van der Waals surface area (Å²) in [6.07, 6.45) is 2.86. The molecule has 0 N–H and O–H groups in total. The van der Waals surface area contributed by atoms with Crippen LogP contribution in [0.2, 0.25) is 0 Å². The maximum Gasteiger partial charge on any atom is 0.122 e. The van der Waals surface area contributed by atoms with E-state index in [1.165, 1.54) is 44.5 Å². The van der Waals surface area contributed by atoms with Crippen LogP contribution in [0.3, 0.4) is 0 Å². The maximum atomic E-state index is 6.11. The van der Waals surface area contributed by atoms with Crippen molar-refractivity contribution in [2.45, 2.75) is 44.3 Å². The van der Waals surface area contributed by atoms with Gasteiger partial charge in [-0.1, -0.05) is 78.9 Å². The van der Waals surface area contributed by atoms with E-state index in [-0.39, 0.29) is 11.5 Å². The summed E-state index contributed by atoms with van der Waals surface area (Å²) in [6, 6.07) is 31.7. The lowest BCUT2D eigenvalue weighted by Crippen LogP contribution is -2.29. The molecule has 0 bridgehead atoms. The normalized spacial score (nSPS) is 20.3. The third-order valence-corrected chi connectivity index (χ3v) is 8.30. The van der Waals surface area contributed by atoms with Gasteiger partial charge < -0.3 is 14.2 Å². The number of hydrogen-bond acceptors (Lipinski definition) is 3. The lowest BCUT2D eigenvalue weighted by atomic mass is 9.67. The summed E-state index contributed by atoms with van der Waals surface area (Å²) < 4.78 is 16.9. The largest absolute Gasteiger partial charge is 0.491 e. The van der Waals surface area contributed by atoms with Crippen molar-refractivity contribution in [2.24, 2.45) is 0 Å². The first-order valence-corrected chi connectivity index (χ1v) is 13.4. The Balaban J connectivity index is 1.40. The Bertz CT molecular complexity index is 1370. The van der Waals surface area contributed by atoms with E-state index in [0.29, 0.717) is 12.7 Å². The minimum atomic E-state index is -0.390. The van der Waals surface area contributed by atoms with E-state index in [9.17, 15) is 0 Å². The summed E-state index contributed by atoms with van der Waals surface area (Å²) in [6.45, 7) is 6.75. The third kappa shape index (κ3) is 3.89. The molecule has 3 aliphatic rings. The average molecular weight is 489 g/mol. The summed E-state index contributed by atoms with van der Waals surface area (Å²) in [5.74, 6) is 0.933. The summed E-state index contributed by atoms with van der Waals surface area (Å²) >= 11 is 0. The lowest BCUT2D eigenvalue weighted by Gasteiger charge is -2.35. The average Bonchev–Trinajstić information content (AvgIpc) is 3.85. The third-order valence-electron chi connectivity index (χ3n) is 8.30. The van der Waals surface area contributed by atoms with Gasteiger partial charge in [0, 0.05) is 0 Å². The van der Waals surface area contributed by atoms with Gasteiger partial charge in [-0.2, -0.15) is 0 Å². The van der Waals surface area contributed by atoms with Crippen LogP contribution in [0.15, 0.2) is 84.9 Å². The molecule has 2 aliphatic heterocycles. The van der Waals surface area contributed by atoms with Gasteiger partial charge in [-0.3, -0.25) is 0 Å². The molecular formula is C34H32O3. The highest BCUT2D eigenvalue weighted by Gasteiger charge is 2.46. The Kier molecular flexibility index (Phi) is 5.46. The zero-order valence-electron chi connectivity index (χ0n) is 21.5. The second-order valence-electron chi connectivity index (χ2n) is 10.7. The van der Waals surface area contributed by atoms with E-state index in [1.807, 2.05) is 0 Å². The van der Waals surface area contributed by atoms with Crippen molar-refractivity contribution in [3.8, 4) is 16.9 Å². The molecule has 1 aliphatic carbocycles. The van der Waals surface area contributed by atoms with E-state index < -0.39 is 0 Å². The van der Waals surface area contributed by atoms with Crippen molar-refractivity contribution >= 4 is 0 Å². The molecule has 2 unspecified atom stereocenters. The van der Waals surface area contributed by atoms with E-state index in [4.69, 9.17) is 14.2 Å². The molecule has 2 heterocycles. The highest BCUT2D eigenvalue weighted by Crippen LogP contribution is 2.56. The van der Waals surface area contributed by atoms with Crippen LogP contribution in [0.1, 0.15) is 45.4 Å². The number of hydrogen-bond donors (Lipinski definition) is 0. The smallest absolute Gasteiger partial charge is 0.122 e. The number of benzene rings is 4. The molecule has 4 aromatic carbocycles. The van der Waals surface area contributed by atoms with Gasteiger partial charge in [-0.25, -0.2) is 0 Å². The van der Waals surface area contributed by atoms with E-state index in [2.05, 4.69) is 98.8 Å². The SMILES string of the molecule is Cc1cc(C2(c3ccc(OCC4CO4)c(C)c3)c3ccccc3-c3ccccc32)ccc1CCC1CO1. The van der Waals surface area contributed by atoms with Gasteiger partial charge in [-0.15, -0.1) is 0 Å². The van der Waals surface area contributed by atoms with Crippen LogP contribution in [-0.2, 0) is 21.3 Å². The Morgan fingerprint density at radius 3 is 1.92 bits per heavy atom. The number of fused-ring (bicyclic) bond motifs is 3.